The monoisotopic (exact) mass is 438 g/mol. The van der Waals surface area contributed by atoms with E-state index < -0.39 is 0 Å². The zero-order valence-corrected chi connectivity index (χ0v) is 18.2. The minimum Gasteiger partial charge on any atom is -0.0654 e. The van der Waals surface area contributed by atoms with Crippen LogP contribution in [0.1, 0.15) is 25.3 Å². The van der Waals surface area contributed by atoms with Gasteiger partial charge in [-0.2, -0.15) is 0 Å². The summed E-state index contributed by atoms with van der Waals surface area (Å²) in [5.74, 6) is 0. The summed E-state index contributed by atoms with van der Waals surface area (Å²) in [7, 11) is 0. The van der Waals surface area contributed by atoms with Gasteiger partial charge in [-0.1, -0.05) is 96.0 Å². The Morgan fingerprint density at radius 1 is 0.586 bits per heavy atom. The average molecular weight is 439 g/mol. The van der Waals surface area contributed by atoms with E-state index in [0.29, 0.717) is 0 Å². The van der Waals surface area contributed by atoms with Crippen molar-refractivity contribution in [1.82, 2.24) is 0 Å². The number of unbranched alkanes of at least 4 members (excludes halogenated alkanes) is 1. The Balaban J connectivity index is 1.59. The van der Waals surface area contributed by atoms with Crippen LogP contribution in [0.25, 0.3) is 43.4 Å². The highest BCUT2D eigenvalue weighted by Gasteiger charge is 2.07. The maximum absolute atomic E-state index is 3.58. The van der Waals surface area contributed by atoms with Crippen LogP contribution in [0.2, 0.25) is 0 Å². The lowest BCUT2D eigenvalue weighted by Crippen LogP contribution is -1.86. The lowest BCUT2D eigenvalue weighted by atomic mass is 9.94. The summed E-state index contributed by atoms with van der Waals surface area (Å²) >= 11 is 3.58. The molecule has 0 bridgehead atoms. The normalized spacial score (nSPS) is 11.5. The Morgan fingerprint density at radius 3 is 1.86 bits per heavy atom. The fourth-order valence-electron chi connectivity index (χ4n) is 4.28. The highest BCUT2D eigenvalue weighted by molar-refractivity contribution is 9.10. The van der Waals surface area contributed by atoms with E-state index in [1.54, 1.807) is 0 Å². The van der Waals surface area contributed by atoms with Crippen molar-refractivity contribution in [3.05, 3.63) is 95.0 Å². The Morgan fingerprint density at radius 2 is 1.17 bits per heavy atom. The molecule has 1 heteroatoms. The summed E-state index contributed by atoms with van der Waals surface area (Å²) in [6, 6.07) is 31.5. The van der Waals surface area contributed by atoms with Gasteiger partial charge in [-0.3, -0.25) is 0 Å². The molecule has 5 aromatic rings. The number of hydrogen-bond donors (Lipinski definition) is 0. The second kappa shape index (κ2) is 7.65. The van der Waals surface area contributed by atoms with Crippen LogP contribution in [0, 0.1) is 0 Å². The van der Waals surface area contributed by atoms with Gasteiger partial charge in [0.2, 0.25) is 0 Å². The molecular weight excluding hydrogens is 416 g/mol. The molecule has 0 aromatic heterocycles. The van der Waals surface area contributed by atoms with E-state index in [-0.39, 0.29) is 0 Å². The van der Waals surface area contributed by atoms with Gasteiger partial charge < -0.3 is 0 Å². The molecular formula is C28H23Br. The number of benzene rings is 5. The van der Waals surface area contributed by atoms with Crippen LogP contribution in [0.5, 0.6) is 0 Å². The zero-order chi connectivity index (χ0) is 19.8. The molecule has 5 rings (SSSR count). The topological polar surface area (TPSA) is 0 Å². The predicted octanol–water partition coefficient (Wildman–Crippen LogP) is 8.92. The van der Waals surface area contributed by atoms with Crippen LogP contribution in [-0.4, -0.2) is 0 Å². The van der Waals surface area contributed by atoms with E-state index in [9.17, 15) is 0 Å². The van der Waals surface area contributed by atoms with E-state index in [0.717, 1.165) is 4.47 Å². The summed E-state index contributed by atoms with van der Waals surface area (Å²) < 4.78 is 1.12. The largest absolute Gasteiger partial charge is 0.0654 e. The third-order valence-corrected chi connectivity index (χ3v) is 6.39. The highest BCUT2D eigenvalue weighted by Crippen LogP contribution is 2.34. The molecule has 0 amide bonds. The smallest absolute Gasteiger partial charge is 0.0181 e. The molecule has 0 heterocycles. The second-order valence-corrected chi connectivity index (χ2v) is 8.74. The fraction of sp³-hybridized carbons (Fsp3) is 0.143. The molecule has 29 heavy (non-hydrogen) atoms. The SMILES string of the molecule is CCCCc1ccc(-c2ccc3c(ccc4c5ccc(Br)cc5ccc34)c2)cc1. The molecule has 0 fully saturated rings. The van der Waals surface area contributed by atoms with E-state index in [4.69, 9.17) is 0 Å². The van der Waals surface area contributed by atoms with Crippen molar-refractivity contribution in [3.63, 3.8) is 0 Å². The molecule has 5 aromatic carbocycles. The molecule has 0 radical (unpaired) electrons. The molecule has 0 unspecified atom stereocenters. The third kappa shape index (κ3) is 3.45. The molecule has 0 saturated carbocycles. The van der Waals surface area contributed by atoms with Crippen LogP contribution in [0.3, 0.4) is 0 Å². The highest BCUT2D eigenvalue weighted by atomic mass is 79.9. The average Bonchev–Trinajstić information content (AvgIpc) is 2.77. The van der Waals surface area contributed by atoms with Gasteiger partial charge in [-0.25, -0.2) is 0 Å². The van der Waals surface area contributed by atoms with Crippen LogP contribution >= 0.6 is 15.9 Å². The first-order valence-corrected chi connectivity index (χ1v) is 11.2. The van der Waals surface area contributed by atoms with Crippen LogP contribution in [-0.2, 0) is 6.42 Å². The number of halogens is 1. The second-order valence-electron chi connectivity index (χ2n) is 7.83. The molecule has 0 nitrogen and oxygen atoms in total. The van der Waals surface area contributed by atoms with Crippen molar-refractivity contribution in [3.8, 4) is 11.1 Å². The first kappa shape index (κ1) is 18.4. The fourth-order valence-corrected chi connectivity index (χ4v) is 4.66. The molecule has 142 valence electrons. The first-order valence-electron chi connectivity index (χ1n) is 10.4. The van der Waals surface area contributed by atoms with Gasteiger partial charge in [0.25, 0.3) is 0 Å². The maximum Gasteiger partial charge on any atom is 0.0181 e. The molecule has 0 N–H and O–H groups in total. The summed E-state index contributed by atoms with van der Waals surface area (Å²) in [4.78, 5) is 0. The number of aryl methyl sites for hydroxylation is 1. The Labute approximate surface area is 180 Å². The molecule has 0 spiro atoms. The van der Waals surface area contributed by atoms with Crippen molar-refractivity contribution in [2.75, 3.05) is 0 Å². The van der Waals surface area contributed by atoms with Crippen molar-refractivity contribution in [2.45, 2.75) is 26.2 Å². The van der Waals surface area contributed by atoms with Gasteiger partial charge in [-0.05, 0) is 80.0 Å². The Hall–Kier alpha value is -2.64. The van der Waals surface area contributed by atoms with Crippen LogP contribution in [0.4, 0.5) is 0 Å². The molecule has 0 saturated heterocycles. The van der Waals surface area contributed by atoms with Crippen LogP contribution in [0.15, 0.2) is 89.4 Å². The minimum atomic E-state index is 1.12. The van der Waals surface area contributed by atoms with Gasteiger partial charge in [0.1, 0.15) is 0 Å². The van der Waals surface area contributed by atoms with E-state index in [2.05, 4.69) is 108 Å². The van der Waals surface area contributed by atoms with E-state index in [1.807, 2.05) is 0 Å². The van der Waals surface area contributed by atoms with Crippen molar-refractivity contribution >= 4 is 48.2 Å². The molecule has 0 aliphatic heterocycles. The minimum absolute atomic E-state index is 1.12. The molecule has 0 aliphatic carbocycles. The summed E-state index contributed by atoms with van der Waals surface area (Å²) in [5, 5.41) is 7.82. The predicted molar refractivity (Wildman–Crippen MR) is 131 cm³/mol. The summed E-state index contributed by atoms with van der Waals surface area (Å²) in [5.41, 5.74) is 4.00. The van der Waals surface area contributed by atoms with Crippen LogP contribution < -0.4 is 0 Å². The van der Waals surface area contributed by atoms with Gasteiger partial charge in [0.05, 0.1) is 0 Å². The van der Waals surface area contributed by atoms with Gasteiger partial charge in [-0.15, -0.1) is 0 Å². The third-order valence-electron chi connectivity index (χ3n) is 5.90. The van der Waals surface area contributed by atoms with Gasteiger partial charge in [0, 0.05) is 4.47 Å². The zero-order valence-electron chi connectivity index (χ0n) is 16.6. The van der Waals surface area contributed by atoms with Gasteiger partial charge in [0.15, 0.2) is 0 Å². The standard InChI is InChI=1S/C28H23Br/c1-2-3-4-19-5-7-20(8-6-19)21-9-13-25-22(17-21)10-14-28-26-16-12-24(29)18-23(26)11-15-27(25)28/h5-18H,2-4H2,1H3. The summed E-state index contributed by atoms with van der Waals surface area (Å²) in [6.07, 6.45) is 3.67. The Bertz CT molecular complexity index is 1330. The molecule has 0 atom stereocenters. The number of rotatable bonds is 4. The lowest BCUT2D eigenvalue weighted by Gasteiger charge is -2.10. The lowest BCUT2D eigenvalue weighted by molar-refractivity contribution is 0.795. The van der Waals surface area contributed by atoms with Crippen molar-refractivity contribution < 1.29 is 0 Å². The maximum atomic E-state index is 3.58. The van der Waals surface area contributed by atoms with Gasteiger partial charge >= 0.3 is 0 Å². The quantitative estimate of drug-likeness (QED) is 0.245. The van der Waals surface area contributed by atoms with Crippen molar-refractivity contribution in [1.29, 1.82) is 0 Å². The van der Waals surface area contributed by atoms with E-state index in [1.165, 1.54) is 68.3 Å². The Kier molecular flexibility index (Phi) is 4.85. The summed E-state index contributed by atoms with van der Waals surface area (Å²) in [6.45, 7) is 2.24. The molecule has 0 aliphatic rings. The van der Waals surface area contributed by atoms with Crippen molar-refractivity contribution in [2.24, 2.45) is 0 Å². The first-order chi connectivity index (χ1) is 14.2. The number of fused-ring (bicyclic) bond motifs is 5. The number of hydrogen-bond acceptors (Lipinski definition) is 0. The van der Waals surface area contributed by atoms with E-state index >= 15 is 0 Å².